The molecular formula is C14H24N2O. The second-order valence-corrected chi connectivity index (χ2v) is 4.84. The summed E-state index contributed by atoms with van der Waals surface area (Å²) in [4.78, 5) is 2.24. The molecule has 2 N–H and O–H groups in total. The van der Waals surface area contributed by atoms with Gasteiger partial charge in [0.05, 0.1) is 6.61 Å². The molecule has 1 unspecified atom stereocenters. The highest BCUT2D eigenvalue weighted by molar-refractivity contribution is 5.30. The van der Waals surface area contributed by atoms with E-state index in [1.165, 1.54) is 16.7 Å². The first kappa shape index (κ1) is 14.2. The fraction of sp³-hybridized carbons (Fsp3) is 0.571. The minimum atomic E-state index is 0.0788. The second-order valence-electron chi connectivity index (χ2n) is 4.84. The molecule has 17 heavy (non-hydrogen) atoms. The van der Waals surface area contributed by atoms with E-state index in [4.69, 9.17) is 10.5 Å². The molecule has 1 atom stereocenters. The molecule has 0 fully saturated rings. The first-order chi connectivity index (χ1) is 8.02. The quantitative estimate of drug-likeness (QED) is 0.817. The van der Waals surface area contributed by atoms with Gasteiger partial charge in [-0.2, -0.15) is 0 Å². The third-order valence-electron chi connectivity index (χ3n) is 2.87. The van der Waals surface area contributed by atoms with Crippen molar-refractivity contribution in [1.29, 1.82) is 0 Å². The lowest BCUT2D eigenvalue weighted by Crippen LogP contribution is -2.38. The Balaban J connectivity index is 2.55. The Kier molecular flexibility index (Phi) is 5.62. The van der Waals surface area contributed by atoms with Crippen LogP contribution in [0.25, 0.3) is 0 Å². The summed E-state index contributed by atoms with van der Waals surface area (Å²) in [6, 6.07) is 6.65. The average molecular weight is 236 g/mol. The minimum absolute atomic E-state index is 0.0788. The smallest absolute Gasteiger partial charge is 0.0626 e. The third-order valence-corrected chi connectivity index (χ3v) is 2.87. The Morgan fingerprint density at radius 3 is 2.71 bits per heavy atom. The van der Waals surface area contributed by atoms with Crippen molar-refractivity contribution in [2.75, 3.05) is 27.3 Å². The van der Waals surface area contributed by atoms with Crippen molar-refractivity contribution < 1.29 is 4.74 Å². The summed E-state index contributed by atoms with van der Waals surface area (Å²) in [7, 11) is 3.78. The summed E-state index contributed by atoms with van der Waals surface area (Å²) >= 11 is 0. The maximum atomic E-state index is 5.94. The molecule has 3 heteroatoms. The van der Waals surface area contributed by atoms with Gasteiger partial charge in [0, 0.05) is 26.2 Å². The van der Waals surface area contributed by atoms with Gasteiger partial charge in [0.15, 0.2) is 0 Å². The van der Waals surface area contributed by atoms with Crippen molar-refractivity contribution in [2.45, 2.75) is 26.4 Å². The normalized spacial score (nSPS) is 13.1. The van der Waals surface area contributed by atoms with Gasteiger partial charge in [-0.15, -0.1) is 0 Å². The van der Waals surface area contributed by atoms with Crippen LogP contribution in [0, 0.1) is 13.8 Å². The monoisotopic (exact) mass is 236 g/mol. The Labute approximate surface area is 105 Å². The number of nitrogens with zero attached hydrogens (tertiary/aromatic N) is 1. The topological polar surface area (TPSA) is 38.5 Å². The fourth-order valence-electron chi connectivity index (χ4n) is 1.99. The van der Waals surface area contributed by atoms with Crippen LogP contribution in [0.4, 0.5) is 0 Å². The summed E-state index contributed by atoms with van der Waals surface area (Å²) in [5, 5.41) is 0. The number of ether oxygens (including phenoxy) is 1. The highest BCUT2D eigenvalue weighted by Gasteiger charge is 2.08. The number of aryl methyl sites for hydroxylation is 2. The third kappa shape index (κ3) is 4.86. The lowest BCUT2D eigenvalue weighted by atomic mass is 10.1. The first-order valence-electron chi connectivity index (χ1n) is 6.02. The zero-order chi connectivity index (χ0) is 12.8. The van der Waals surface area contributed by atoms with Gasteiger partial charge in [-0.1, -0.05) is 23.8 Å². The predicted octanol–water partition coefficient (Wildman–Crippen LogP) is 1.71. The molecule has 0 aliphatic carbocycles. The van der Waals surface area contributed by atoms with E-state index in [2.05, 4.69) is 44.0 Å². The SMILES string of the molecule is COCC(N)CN(C)Cc1cc(C)ccc1C. The van der Waals surface area contributed by atoms with Crippen LogP contribution in [0.1, 0.15) is 16.7 Å². The van der Waals surface area contributed by atoms with Gasteiger partial charge in [-0.3, -0.25) is 0 Å². The molecule has 96 valence electrons. The Hall–Kier alpha value is -0.900. The molecule has 0 saturated carbocycles. The fourth-order valence-corrected chi connectivity index (χ4v) is 1.99. The number of hydrogen-bond acceptors (Lipinski definition) is 3. The molecule has 0 heterocycles. The number of nitrogens with two attached hydrogens (primary N) is 1. The summed E-state index contributed by atoms with van der Waals surface area (Å²) in [6.07, 6.45) is 0. The molecular weight excluding hydrogens is 212 g/mol. The van der Waals surface area contributed by atoms with Crippen LogP contribution in [-0.4, -0.2) is 38.3 Å². The highest BCUT2D eigenvalue weighted by atomic mass is 16.5. The number of likely N-dealkylation sites (N-methyl/N-ethyl adjacent to an activating group) is 1. The highest BCUT2D eigenvalue weighted by Crippen LogP contribution is 2.12. The Morgan fingerprint density at radius 2 is 2.06 bits per heavy atom. The zero-order valence-corrected chi connectivity index (χ0v) is 11.4. The van der Waals surface area contributed by atoms with Crippen LogP contribution in [0.2, 0.25) is 0 Å². The first-order valence-corrected chi connectivity index (χ1v) is 6.02. The summed E-state index contributed by atoms with van der Waals surface area (Å²) < 4.78 is 5.05. The lowest BCUT2D eigenvalue weighted by molar-refractivity contribution is 0.160. The summed E-state index contributed by atoms with van der Waals surface area (Å²) in [5.41, 5.74) is 9.95. The van der Waals surface area contributed by atoms with Crippen molar-refractivity contribution in [3.63, 3.8) is 0 Å². The molecule has 0 radical (unpaired) electrons. The molecule has 1 rings (SSSR count). The Morgan fingerprint density at radius 1 is 1.35 bits per heavy atom. The van der Waals surface area contributed by atoms with Gasteiger partial charge in [0.25, 0.3) is 0 Å². The van der Waals surface area contributed by atoms with Crippen LogP contribution in [0.3, 0.4) is 0 Å². The molecule has 0 saturated heterocycles. The van der Waals surface area contributed by atoms with Crippen LogP contribution >= 0.6 is 0 Å². The van der Waals surface area contributed by atoms with E-state index in [1.807, 2.05) is 0 Å². The van der Waals surface area contributed by atoms with Gasteiger partial charge < -0.3 is 15.4 Å². The van der Waals surface area contributed by atoms with Crippen LogP contribution in [-0.2, 0) is 11.3 Å². The van der Waals surface area contributed by atoms with Gasteiger partial charge in [0.1, 0.15) is 0 Å². The summed E-state index contributed by atoms with van der Waals surface area (Å²) in [6.45, 7) is 6.67. The standard InChI is InChI=1S/C14H24N2O/c1-11-5-6-12(2)13(7-11)8-16(3)9-14(15)10-17-4/h5-7,14H,8-10,15H2,1-4H3. The van der Waals surface area contributed by atoms with E-state index in [1.54, 1.807) is 7.11 Å². The van der Waals surface area contributed by atoms with Crippen molar-refractivity contribution in [1.82, 2.24) is 4.90 Å². The van der Waals surface area contributed by atoms with E-state index in [-0.39, 0.29) is 6.04 Å². The maximum absolute atomic E-state index is 5.94. The van der Waals surface area contributed by atoms with Crippen LogP contribution < -0.4 is 5.73 Å². The van der Waals surface area contributed by atoms with E-state index < -0.39 is 0 Å². The van der Waals surface area contributed by atoms with E-state index in [9.17, 15) is 0 Å². The molecule has 0 amide bonds. The average Bonchev–Trinajstić information content (AvgIpc) is 2.23. The lowest BCUT2D eigenvalue weighted by Gasteiger charge is -2.22. The van der Waals surface area contributed by atoms with Crippen LogP contribution in [0.15, 0.2) is 18.2 Å². The molecule has 0 spiro atoms. The van der Waals surface area contributed by atoms with Gasteiger partial charge in [-0.05, 0) is 32.0 Å². The van der Waals surface area contributed by atoms with E-state index >= 15 is 0 Å². The molecule has 0 bridgehead atoms. The maximum Gasteiger partial charge on any atom is 0.0626 e. The number of benzene rings is 1. The number of rotatable bonds is 6. The van der Waals surface area contributed by atoms with Gasteiger partial charge in [0.2, 0.25) is 0 Å². The Bertz CT molecular complexity index is 352. The van der Waals surface area contributed by atoms with E-state index in [0.717, 1.165) is 13.1 Å². The van der Waals surface area contributed by atoms with Crippen molar-refractivity contribution in [3.8, 4) is 0 Å². The predicted molar refractivity (Wildman–Crippen MR) is 72.1 cm³/mol. The van der Waals surface area contributed by atoms with Crippen molar-refractivity contribution in [2.24, 2.45) is 5.73 Å². The second kappa shape index (κ2) is 6.74. The van der Waals surface area contributed by atoms with Crippen LogP contribution in [0.5, 0.6) is 0 Å². The molecule has 1 aromatic carbocycles. The van der Waals surface area contributed by atoms with Crippen molar-refractivity contribution in [3.05, 3.63) is 34.9 Å². The molecule has 0 aliphatic rings. The van der Waals surface area contributed by atoms with Gasteiger partial charge in [-0.25, -0.2) is 0 Å². The van der Waals surface area contributed by atoms with E-state index in [0.29, 0.717) is 6.61 Å². The number of methoxy groups -OCH3 is 1. The molecule has 3 nitrogen and oxygen atoms in total. The van der Waals surface area contributed by atoms with Gasteiger partial charge >= 0.3 is 0 Å². The molecule has 0 aromatic heterocycles. The molecule has 1 aromatic rings. The summed E-state index contributed by atoms with van der Waals surface area (Å²) in [5.74, 6) is 0. The van der Waals surface area contributed by atoms with Crippen molar-refractivity contribution >= 4 is 0 Å². The number of hydrogen-bond donors (Lipinski definition) is 1. The largest absolute Gasteiger partial charge is 0.383 e. The zero-order valence-electron chi connectivity index (χ0n) is 11.4. The molecule has 0 aliphatic heterocycles. The minimum Gasteiger partial charge on any atom is -0.383 e.